The molecule has 2 N–H and O–H groups in total. The highest BCUT2D eigenvalue weighted by Gasteiger charge is 2.48. The van der Waals surface area contributed by atoms with Crippen LogP contribution in [0.5, 0.6) is 0 Å². The first-order valence-electron chi connectivity index (χ1n) is 7.83. The van der Waals surface area contributed by atoms with E-state index in [-0.39, 0.29) is 18.2 Å². The molecule has 118 valence electrons. The van der Waals surface area contributed by atoms with Gasteiger partial charge in [0, 0.05) is 35.1 Å². The Morgan fingerprint density at radius 2 is 2.09 bits per heavy atom. The molecule has 0 amide bonds. The Kier molecular flexibility index (Phi) is 2.85. The number of hydrogen-bond donors (Lipinski definition) is 2. The number of nitrogens with one attached hydrogen (secondary N) is 1. The van der Waals surface area contributed by atoms with Crippen molar-refractivity contribution < 1.29 is 14.6 Å². The van der Waals surface area contributed by atoms with E-state index in [1.54, 1.807) is 6.20 Å². The van der Waals surface area contributed by atoms with E-state index in [9.17, 15) is 5.11 Å². The van der Waals surface area contributed by atoms with Crippen LogP contribution >= 0.6 is 0 Å². The van der Waals surface area contributed by atoms with Crippen LogP contribution in [0, 0.1) is 0 Å². The zero-order valence-electron chi connectivity index (χ0n) is 12.4. The maximum absolute atomic E-state index is 9.94. The van der Waals surface area contributed by atoms with Crippen molar-refractivity contribution in [2.45, 2.75) is 24.4 Å². The Bertz CT molecular complexity index is 856. The molecule has 0 saturated carbocycles. The van der Waals surface area contributed by atoms with Gasteiger partial charge in [-0.15, -0.1) is 0 Å². The molecule has 23 heavy (non-hydrogen) atoms. The minimum Gasteiger partial charge on any atom is -0.388 e. The molecule has 6 nitrogen and oxygen atoms in total. The Hall–Kier alpha value is -2.15. The van der Waals surface area contributed by atoms with Crippen LogP contribution < -0.4 is 0 Å². The lowest BCUT2D eigenvalue weighted by molar-refractivity contribution is 0.0172. The number of aromatic nitrogens is 3. The molecule has 0 unspecified atom stereocenters. The molecule has 2 aromatic heterocycles. The van der Waals surface area contributed by atoms with Crippen LogP contribution in [0.3, 0.4) is 0 Å². The topological polar surface area (TPSA) is 72.3 Å². The average Bonchev–Trinajstić information content (AvgIpc) is 3.32. The van der Waals surface area contributed by atoms with Gasteiger partial charge < -0.3 is 24.1 Å². The lowest BCUT2D eigenvalue weighted by Crippen LogP contribution is -2.30. The molecule has 4 atom stereocenters. The zero-order valence-corrected chi connectivity index (χ0v) is 12.4. The number of aromatic amines is 1. The van der Waals surface area contributed by atoms with Crippen molar-refractivity contribution in [1.29, 1.82) is 0 Å². The molecule has 4 heterocycles. The predicted octanol–water partition coefficient (Wildman–Crippen LogP) is 1.73. The summed E-state index contributed by atoms with van der Waals surface area (Å²) < 4.78 is 13.6. The van der Waals surface area contributed by atoms with Crippen LogP contribution in [-0.4, -0.2) is 51.2 Å². The summed E-state index contributed by atoms with van der Waals surface area (Å²) in [5.41, 5.74) is 2.17. The van der Waals surface area contributed by atoms with Crippen LogP contribution in [0.4, 0.5) is 0 Å². The number of ether oxygens (including phenoxy) is 2. The summed E-state index contributed by atoms with van der Waals surface area (Å²) in [5.74, 6) is 0.898. The number of rotatable bonds is 2. The fraction of sp³-hybridized carbons (Fsp3) is 0.353. The maximum atomic E-state index is 9.94. The summed E-state index contributed by atoms with van der Waals surface area (Å²) in [5, 5.41) is 11.1. The summed E-state index contributed by atoms with van der Waals surface area (Å²) in [4.78, 5) is 7.80. The second kappa shape index (κ2) is 4.92. The van der Waals surface area contributed by atoms with Crippen LogP contribution in [0.2, 0.25) is 0 Å². The van der Waals surface area contributed by atoms with Gasteiger partial charge in [-0.3, -0.25) is 0 Å². The predicted molar refractivity (Wildman–Crippen MR) is 84.0 cm³/mol. The normalized spacial score (nSPS) is 30.1. The molecule has 3 aromatic rings. The van der Waals surface area contributed by atoms with Crippen molar-refractivity contribution in [3.63, 3.8) is 0 Å². The van der Waals surface area contributed by atoms with Crippen LogP contribution in [0.1, 0.15) is 6.04 Å². The van der Waals surface area contributed by atoms with E-state index in [2.05, 4.69) is 32.7 Å². The number of hydrogen-bond acceptors (Lipinski definition) is 4. The highest BCUT2D eigenvalue weighted by molar-refractivity contribution is 5.93. The zero-order chi connectivity index (χ0) is 15.4. The molecule has 0 radical (unpaired) electrons. The first kappa shape index (κ1) is 13.3. The number of benzene rings is 1. The molecule has 0 bridgehead atoms. The van der Waals surface area contributed by atoms with Crippen molar-refractivity contribution in [3.8, 4) is 11.4 Å². The van der Waals surface area contributed by atoms with Gasteiger partial charge >= 0.3 is 0 Å². The summed E-state index contributed by atoms with van der Waals surface area (Å²) in [6, 6.07) is 8.25. The number of nitrogens with zero attached hydrogens (tertiary/aromatic N) is 2. The van der Waals surface area contributed by atoms with E-state index in [0.717, 1.165) is 22.3 Å². The Morgan fingerprint density at radius 3 is 3.04 bits per heavy atom. The number of fused-ring (bicyclic) bond motifs is 2. The fourth-order valence-electron chi connectivity index (χ4n) is 3.77. The Balaban J connectivity index is 1.60. The Morgan fingerprint density at radius 1 is 1.17 bits per heavy atom. The Labute approximate surface area is 132 Å². The van der Waals surface area contributed by atoms with Crippen LogP contribution in [0.15, 0.2) is 42.9 Å². The van der Waals surface area contributed by atoms with Gasteiger partial charge in [0.15, 0.2) is 0 Å². The van der Waals surface area contributed by atoms with Crippen molar-refractivity contribution in [3.05, 3.63) is 42.9 Å². The summed E-state index contributed by atoms with van der Waals surface area (Å²) >= 11 is 0. The average molecular weight is 311 g/mol. The van der Waals surface area contributed by atoms with Gasteiger partial charge in [-0.2, -0.15) is 0 Å². The van der Waals surface area contributed by atoms with Crippen LogP contribution in [-0.2, 0) is 9.47 Å². The molecular weight excluding hydrogens is 294 g/mol. The standard InChI is InChI=1S/C17H17N3O3/c21-14-9-23-15-13(8-22-16(14)15)20-7-6-19-17(20)11-2-1-3-12-10(11)4-5-18-12/h1-7,13-16,18,21H,8-9H2/t13-,14+,15+,16+/m0/s1. The van der Waals surface area contributed by atoms with Gasteiger partial charge in [0.2, 0.25) is 0 Å². The minimum absolute atomic E-state index is 0.0313. The molecule has 2 aliphatic heterocycles. The molecular formula is C17H17N3O3. The van der Waals surface area contributed by atoms with Gasteiger partial charge in [-0.05, 0) is 12.1 Å². The van der Waals surface area contributed by atoms with Gasteiger partial charge in [-0.25, -0.2) is 4.98 Å². The molecule has 5 rings (SSSR count). The smallest absolute Gasteiger partial charge is 0.141 e. The molecule has 1 aromatic carbocycles. The quantitative estimate of drug-likeness (QED) is 0.756. The van der Waals surface area contributed by atoms with Crippen molar-refractivity contribution in [2.75, 3.05) is 13.2 Å². The number of aliphatic hydroxyl groups is 1. The van der Waals surface area contributed by atoms with Crippen LogP contribution in [0.25, 0.3) is 22.3 Å². The van der Waals surface area contributed by atoms with Gasteiger partial charge in [-0.1, -0.05) is 12.1 Å². The molecule has 0 spiro atoms. The monoisotopic (exact) mass is 311 g/mol. The second-order valence-electron chi connectivity index (χ2n) is 6.13. The van der Waals surface area contributed by atoms with E-state index < -0.39 is 6.10 Å². The number of aliphatic hydroxyl groups excluding tert-OH is 1. The molecule has 0 aliphatic carbocycles. The van der Waals surface area contributed by atoms with E-state index in [0.29, 0.717) is 13.2 Å². The molecule has 2 saturated heterocycles. The van der Waals surface area contributed by atoms with Crippen molar-refractivity contribution in [2.24, 2.45) is 0 Å². The highest BCUT2D eigenvalue weighted by Crippen LogP contribution is 2.37. The first-order chi connectivity index (χ1) is 11.3. The third-order valence-corrected chi connectivity index (χ3v) is 4.86. The summed E-state index contributed by atoms with van der Waals surface area (Å²) in [6.45, 7) is 0.863. The molecule has 6 heteroatoms. The minimum atomic E-state index is -0.537. The SMILES string of the molecule is O[C@@H]1CO[C@H]2[C@@H]1OC[C@@H]2n1ccnc1-c1cccc2[nH]ccc12. The first-order valence-corrected chi connectivity index (χ1v) is 7.83. The van der Waals surface area contributed by atoms with Crippen molar-refractivity contribution >= 4 is 10.9 Å². The third kappa shape index (κ3) is 1.89. The third-order valence-electron chi connectivity index (χ3n) is 4.86. The summed E-state index contributed by atoms with van der Waals surface area (Å²) in [7, 11) is 0. The van der Waals surface area contributed by atoms with Crippen molar-refractivity contribution in [1.82, 2.24) is 14.5 Å². The largest absolute Gasteiger partial charge is 0.388 e. The maximum Gasteiger partial charge on any atom is 0.141 e. The molecule has 2 fully saturated rings. The second-order valence-corrected chi connectivity index (χ2v) is 6.13. The van der Waals surface area contributed by atoms with Gasteiger partial charge in [0.1, 0.15) is 24.1 Å². The molecule has 2 aliphatic rings. The van der Waals surface area contributed by atoms with E-state index in [1.807, 2.05) is 18.5 Å². The van der Waals surface area contributed by atoms with E-state index in [4.69, 9.17) is 9.47 Å². The van der Waals surface area contributed by atoms with Gasteiger partial charge in [0.05, 0.1) is 19.3 Å². The summed E-state index contributed by atoms with van der Waals surface area (Å²) in [6.07, 6.45) is 4.81. The highest BCUT2D eigenvalue weighted by atomic mass is 16.6. The van der Waals surface area contributed by atoms with E-state index >= 15 is 0 Å². The van der Waals surface area contributed by atoms with E-state index in [1.165, 1.54) is 0 Å². The number of imidazole rings is 1. The number of H-pyrrole nitrogens is 1. The van der Waals surface area contributed by atoms with Gasteiger partial charge in [0.25, 0.3) is 0 Å². The lowest BCUT2D eigenvalue weighted by Gasteiger charge is -2.20. The fourth-order valence-corrected chi connectivity index (χ4v) is 3.77. The lowest BCUT2D eigenvalue weighted by atomic mass is 10.1.